The molecule has 1 aromatic rings. The Morgan fingerprint density at radius 2 is 1.85 bits per heavy atom. The topological polar surface area (TPSA) is 41.0 Å². The Kier molecular flexibility index (Phi) is 5.35. The third kappa shape index (κ3) is 3.92. The van der Waals surface area contributed by atoms with Gasteiger partial charge in [-0.05, 0) is 58.6 Å². The number of hydrogen-bond acceptors (Lipinski definition) is 4. The highest BCUT2D eigenvalue weighted by Crippen LogP contribution is 2.23. The van der Waals surface area contributed by atoms with Gasteiger partial charge >= 0.3 is 0 Å². The predicted octanol–water partition coefficient (Wildman–Crippen LogP) is 2.70. The highest BCUT2D eigenvalue weighted by Gasteiger charge is 2.24. The minimum atomic E-state index is 0.622. The summed E-state index contributed by atoms with van der Waals surface area (Å²) in [4.78, 5) is 11.5. The number of nitrogens with one attached hydrogen (secondary N) is 1. The molecular weight excluding hydrogens is 248 g/mol. The maximum Gasteiger partial charge on any atom is 0.225 e. The number of piperidine rings is 1. The molecule has 2 heterocycles. The van der Waals surface area contributed by atoms with E-state index < -0.39 is 0 Å². The summed E-state index contributed by atoms with van der Waals surface area (Å²) >= 11 is 0. The summed E-state index contributed by atoms with van der Waals surface area (Å²) in [7, 11) is 0. The Labute approximate surface area is 123 Å². The van der Waals surface area contributed by atoms with Crippen molar-refractivity contribution in [3.05, 3.63) is 17.5 Å². The van der Waals surface area contributed by atoms with Crippen molar-refractivity contribution >= 4 is 5.95 Å². The van der Waals surface area contributed by atoms with Crippen molar-refractivity contribution < 1.29 is 0 Å². The third-order valence-electron chi connectivity index (χ3n) is 4.22. The van der Waals surface area contributed by atoms with Gasteiger partial charge in [-0.1, -0.05) is 6.92 Å². The zero-order valence-electron chi connectivity index (χ0n) is 13.3. The van der Waals surface area contributed by atoms with Crippen molar-refractivity contribution in [2.75, 3.05) is 24.5 Å². The molecule has 112 valence electrons. The van der Waals surface area contributed by atoms with E-state index in [4.69, 9.17) is 0 Å². The van der Waals surface area contributed by atoms with Gasteiger partial charge in [-0.2, -0.15) is 0 Å². The first-order valence-corrected chi connectivity index (χ1v) is 7.90. The molecule has 0 saturated carbocycles. The number of anilines is 1. The van der Waals surface area contributed by atoms with Gasteiger partial charge in [-0.3, -0.25) is 0 Å². The summed E-state index contributed by atoms with van der Waals surface area (Å²) in [6, 6.07) is 2.66. The van der Waals surface area contributed by atoms with Crippen molar-refractivity contribution in [3.8, 4) is 0 Å². The van der Waals surface area contributed by atoms with Crippen molar-refractivity contribution in [3.63, 3.8) is 0 Å². The van der Waals surface area contributed by atoms with Gasteiger partial charge in [0.15, 0.2) is 0 Å². The first-order valence-electron chi connectivity index (χ1n) is 7.90. The minimum Gasteiger partial charge on any atom is -0.341 e. The maximum atomic E-state index is 4.58. The van der Waals surface area contributed by atoms with E-state index in [-0.39, 0.29) is 0 Å². The van der Waals surface area contributed by atoms with Crippen LogP contribution in [0.1, 0.15) is 44.5 Å². The fourth-order valence-electron chi connectivity index (χ4n) is 2.99. The lowest BCUT2D eigenvalue weighted by molar-refractivity contribution is 0.310. The molecular formula is C16H28N4. The molecule has 1 aromatic heterocycles. The molecule has 1 N–H and O–H groups in total. The normalized spacial score (nSPS) is 18.3. The molecule has 0 aromatic carbocycles. The summed E-state index contributed by atoms with van der Waals surface area (Å²) in [6.45, 7) is 11.9. The average Bonchev–Trinajstić information content (AvgIpc) is 2.44. The Bertz CT molecular complexity index is 404. The molecule has 0 amide bonds. The first kappa shape index (κ1) is 15.2. The summed E-state index contributed by atoms with van der Waals surface area (Å²) in [5, 5.41) is 3.63. The summed E-state index contributed by atoms with van der Waals surface area (Å²) in [5.41, 5.74) is 2.13. The van der Waals surface area contributed by atoms with Crippen LogP contribution in [0.25, 0.3) is 0 Å². The average molecular weight is 276 g/mol. The van der Waals surface area contributed by atoms with Gasteiger partial charge in [0, 0.05) is 30.5 Å². The Hall–Kier alpha value is -1.16. The Morgan fingerprint density at radius 3 is 2.40 bits per heavy atom. The quantitative estimate of drug-likeness (QED) is 0.898. The molecule has 2 rings (SSSR count). The fraction of sp³-hybridized carbons (Fsp3) is 0.750. The van der Waals surface area contributed by atoms with Gasteiger partial charge in [-0.15, -0.1) is 0 Å². The van der Waals surface area contributed by atoms with E-state index in [2.05, 4.69) is 34.0 Å². The van der Waals surface area contributed by atoms with Crippen molar-refractivity contribution in [2.45, 2.75) is 53.0 Å². The molecule has 0 bridgehead atoms. The molecule has 1 aliphatic heterocycles. The van der Waals surface area contributed by atoms with Gasteiger partial charge < -0.3 is 10.2 Å². The molecule has 4 heteroatoms. The molecule has 1 aliphatic rings. The van der Waals surface area contributed by atoms with Gasteiger partial charge in [0.25, 0.3) is 0 Å². The lowest BCUT2D eigenvalue weighted by Crippen LogP contribution is -2.42. The fourth-order valence-corrected chi connectivity index (χ4v) is 2.99. The van der Waals surface area contributed by atoms with Crippen LogP contribution in [0.5, 0.6) is 0 Å². The third-order valence-corrected chi connectivity index (χ3v) is 4.22. The van der Waals surface area contributed by atoms with E-state index in [1.54, 1.807) is 0 Å². The van der Waals surface area contributed by atoms with Gasteiger partial charge in [0.2, 0.25) is 5.95 Å². The summed E-state index contributed by atoms with van der Waals surface area (Å²) in [5.74, 6) is 1.69. The molecule has 0 spiro atoms. The minimum absolute atomic E-state index is 0.622. The van der Waals surface area contributed by atoms with Crippen LogP contribution in [0.15, 0.2) is 6.07 Å². The van der Waals surface area contributed by atoms with Gasteiger partial charge in [-0.25, -0.2) is 9.97 Å². The van der Waals surface area contributed by atoms with E-state index in [0.717, 1.165) is 42.9 Å². The van der Waals surface area contributed by atoms with Crippen LogP contribution >= 0.6 is 0 Å². The van der Waals surface area contributed by atoms with Crippen LogP contribution in [-0.2, 0) is 0 Å². The second kappa shape index (κ2) is 7.02. The second-order valence-electron chi connectivity index (χ2n) is 6.02. The smallest absolute Gasteiger partial charge is 0.225 e. The SMILES string of the molecule is CCCNC(C)C1CCN(c2nc(C)cc(C)n2)CC1. The van der Waals surface area contributed by atoms with Crippen molar-refractivity contribution in [1.29, 1.82) is 0 Å². The number of aromatic nitrogens is 2. The zero-order valence-corrected chi connectivity index (χ0v) is 13.3. The van der Waals surface area contributed by atoms with Crippen LogP contribution in [0.4, 0.5) is 5.95 Å². The van der Waals surface area contributed by atoms with Crippen LogP contribution in [0.2, 0.25) is 0 Å². The number of nitrogens with zero attached hydrogens (tertiary/aromatic N) is 3. The highest BCUT2D eigenvalue weighted by molar-refractivity contribution is 5.32. The monoisotopic (exact) mass is 276 g/mol. The molecule has 20 heavy (non-hydrogen) atoms. The van der Waals surface area contributed by atoms with Crippen molar-refractivity contribution in [2.24, 2.45) is 5.92 Å². The lowest BCUT2D eigenvalue weighted by atomic mass is 9.90. The van der Waals surface area contributed by atoms with Gasteiger partial charge in [0.1, 0.15) is 0 Å². The molecule has 1 unspecified atom stereocenters. The molecule has 1 fully saturated rings. The second-order valence-corrected chi connectivity index (χ2v) is 6.02. The number of rotatable bonds is 5. The van der Waals surface area contributed by atoms with Crippen LogP contribution < -0.4 is 10.2 Å². The molecule has 1 atom stereocenters. The molecule has 0 radical (unpaired) electrons. The summed E-state index contributed by atoms with van der Waals surface area (Å²) in [6.07, 6.45) is 3.67. The van der Waals surface area contributed by atoms with Crippen molar-refractivity contribution in [1.82, 2.24) is 15.3 Å². The van der Waals surface area contributed by atoms with E-state index in [1.807, 2.05) is 19.9 Å². The largest absolute Gasteiger partial charge is 0.341 e. The van der Waals surface area contributed by atoms with E-state index in [1.165, 1.54) is 19.3 Å². The van der Waals surface area contributed by atoms with E-state index in [0.29, 0.717) is 6.04 Å². The summed E-state index contributed by atoms with van der Waals surface area (Å²) < 4.78 is 0. The van der Waals surface area contributed by atoms with Gasteiger partial charge in [0.05, 0.1) is 0 Å². The molecule has 0 aliphatic carbocycles. The zero-order chi connectivity index (χ0) is 14.5. The lowest BCUT2D eigenvalue weighted by Gasteiger charge is -2.35. The highest BCUT2D eigenvalue weighted by atomic mass is 15.3. The predicted molar refractivity (Wildman–Crippen MR) is 84.2 cm³/mol. The number of hydrogen-bond donors (Lipinski definition) is 1. The maximum absolute atomic E-state index is 4.58. The standard InChI is InChI=1S/C16H28N4/c1-5-8-17-14(4)15-6-9-20(10-7-15)16-18-12(2)11-13(3)19-16/h11,14-15,17H,5-10H2,1-4H3. The van der Waals surface area contributed by atoms with Crippen LogP contribution in [-0.4, -0.2) is 35.6 Å². The van der Waals surface area contributed by atoms with E-state index in [9.17, 15) is 0 Å². The first-order chi connectivity index (χ1) is 9.60. The Morgan fingerprint density at radius 1 is 1.25 bits per heavy atom. The Balaban J connectivity index is 1.90. The number of aryl methyl sites for hydroxylation is 2. The van der Waals surface area contributed by atoms with E-state index >= 15 is 0 Å². The van der Waals surface area contributed by atoms with Crippen LogP contribution in [0, 0.1) is 19.8 Å². The molecule has 4 nitrogen and oxygen atoms in total. The molecule has 1 saturated heterocycles. The van der Waals surface area contributed by atoms with Crippen LogP contribution in [0.3, 0.4) is 0 Å².